The number of fused-ring (bicyclic) bond motifs is 4. The topological polar surface area (TPSA) is 121 Å². The number of hydrogen-bond acceptors (Lipinski definition) is 10. The van der Waals surface area contributed by atoms with Crippen LogP contribution in [0.15, 0.2) is 12.1 Å². The zero-order valence-corrected chi connectivity index (χ0v) is 26.9. The summed E-state index contributed by atoms with van der Waals surface area (Å²) in [6, 6.07) is 4.30. The van der Waals surface area contributed by atoms with Gasteiger partial charge in [-0.3, -0.25) is 4.90 Å². The molecule has 240 valence electrons. The molecule has 2 aromatic heterocycles. The van der Waals surface area contributed by atoms with Crippen LogP contribution in [0.3, 0.4) is 0 Å². The van der Waals surface area contributed by atoms with E-state index in [9.17, 15) is 14.8 Å². The predicted molar refractivity (Wildman–Crippen MR) is 174 cm³/mol. The van der Waals surface area contributed by atoms with Crippen molar-refractivity contribution in [2.75, 3.05) is 43.5 Å². The van der Waals surface area contributed by atoms with Crippen molar-refractivity contribution < 1.29 is 23.4 Å². The maximum Gasteiger partial charge on any atom is 0.319 e. The van der Waals surface area contributed by atoms with Crippen molar-refractivity contribution in [1.82, 2.24) is 14.9 Å². The van der Waals surface area contributed by atoms with Gasteiger partial charge < -0.3 is 25.2 Å². The Labute approximate surface area is 273 Å². The third-order valence-electron chi connectivity index (χ3n) is 10.4. The average molecular weight is 667 g/mol. The van der Waals surface area contributed by atoms with E-state index in [0.717, 1.165) is 63.0 Å². The normalized spacial score (nSPS) is 25.7. The monoisotopic (exact) mass is 666 g/mol. The lowest BCUT2D eigenvalue weighted by atomic mass is 9.92. The molecule has 0 amide bonds. The number of aliphatic hydroxyl groups is 1. The van der Waals surface area contributed by atoms with E-state index in [1.54, 1.807) is 0 Å². The van der Waals surface area contributed by atoms with Crippen LogP contribution in [-0.4, -0.2) is 70.5 Å². The van der Waals surface area contributed by atoms with E-state index in [4.69, 9.17) is 31.8 Å². The van der Waals surface area contributed by atoms with E-state index in [-0.39, 0.29) is 84.9 Å². The Hall–Kier alpha value is -3.50. The third kappa shape index (κ3) is 4.35. The molecule has 3 unspecified atom stereocenters. The number of aliphatic hydroxyl groups excluding tert-OH is 1. The Bertz CT molecular complexity index is 1950. The number of hydrogen-bond donors (Lipinski definition) is 2. The zero-order valence-electron chi connectivity index (χ0n) is 25.3. The summed E-state index contributed by atoms with van der Waals surface area (Å²) in [6.45, 7) is 4.78. The molecule has 46 heavy (non-hydrogen) atoms. The van der Waals surface area contributed by atoms with Crippen molar-refractivity contribution in [3.8, 4) is 29.0 Å². The van der Waals surface area contributed by atoms with Crippen molar-refractivity contribution in [2.24, 2.45) is 5.92 Å². The summed E-state index contributed by atoms with van der Waals surface area (Å²) in [5.41, 5.74) is 6.13. The second-order valence-corrected chi connectivity index (χ2v) is 14.6. The second-order valence-electron chi connectivity index (χ2n) is 13.1. The Morgan fingerprint density at radius 3 is 2.91 bits per heavy atom. The highest BCUT2D eigenvalue weighted by Gasteiger charge is 2.48. The van der Waals surface area contributed by atoms with E-state index >= 15 is 4.39 Å². The lowest BCUT2D eigenvalue weighted by molar-refractivity contribution is 0.107. The molecule has 9 nitrogen and oxygen atoms in total. The van der Waals surface area contributed by atoms with E-state index in [1.165, 1.54) is 12.1 Å². The van der Waals surface area contributed by atoms with Crippen molar-refractivity contribution in [3.05, 3.63) is 34.4 Å². The Balaban J connectivity index is 1.36. The molecule has 4 aliphatic heterocycles. The number of benzene rings is 2. The standard InChI is InChI=1S/C33H33ClF2N6O3S/c1-16-10-33(8-3-9-41(33)12-16)15-45-32-39-27-24-28(44-14-18-5-2-4-17(13-43)42(18)31(24)40-32)25(34)23(26(27)36)19-6-7-21(35)29-22(19)20(11-37)30(38)46-29/h6-7,16-18,43H,2-5,8-10,12-15,38H2,1H3/t16-,17?,18?,33?/m1/s1. The molecule has 0 spiro atoms. The molecule has 0 radical (unpaired) electrons. The van der Waals surface area contributed by atoms with Gasteiger partial charge in [-0.1, -0.05) is 24.6 Å². The van der Waals surface area contributed by atoms with Gasteiger partial charge in [0.25, 0.3) is 0 Å². The van der Waals surface area contributed by atoms with Crippen LogP contribution in [0.5, 0.6) is 11.8 Å². The maximum absolute atomic E-state index is 17.2. The van der Waals surface area contributed by atoms with Gasteiger partial charge in [-0.25, -0.2) is 8.78 Å². The van der Waals surface area contributed by atoms with Crippen LogP contribution in [0.2, 0.25) is 5.02 Å². The summed E-state index contributed by atoms with van der Waals surface area (Å²) in [5, 5.41) is 20.9. The molecule has 6 heterocycles. The van der Waals surface area contributed by atoms with Gasteiger partial charge in [0.05, 0.1) is 44.9 Å². The van der Waals surface area contributed by atoms with Crippen LogP contribution in [-0.2, 0) is 0 Å². The van der Waals surface area contributed by atoms with Gasteiger partial charge in [-0.15, -0.1) is 11.3 Å². The molecular weight excluding hydrogens is 634 g/mol. The summed E-state index contributed by atoms with van der Waals surface area (Å²) in [4.78, 5) is 14.1. The Kier molecular flexibility index (Phi) is 7.17. The minimum Gasteiger partial charge on any atom is -0.489 e. The average Bonchev–Trinajstić information content (AvgIpc) is 3.65. The van der Waals surface area contributed by atoms with Gasteiger partial charge in [-0.05, 0) is 62.6 Å². The molecule has 0 bridgehead atoms. The lowest BCUT2D eigenvalue weighted by Crippen LogP contribution is -2.51. The number of thiophene rings is 1. The van der Waals surface area contributed by atoms with Crippen LogP contribution >= 0.6 is 22.9 Å². The summed E-state index contributed by atoms with van der Waals surface area (Å²) >= 11 is 7.98. The molecule has 8 rings (SSSR count). The van der Waals surface area contributed by atoms with Crippen LogP contribution in [0.4, 0.5) is 19.6 Å². The van der Waals surface area contributed by atoms with Crippen LogP contribution in [0, 0.1) is 28.9 Å². The number of anilines is 2. The first kappa shape index (κ1) is 29.9. The van der Waals surface area contributed by atoms with Crippen LogP contribution in [0.25, 0.3) is 32.1 Å². The van der Waals surface area contributed by atoms with E-state index in [1.807, 2.05) is 4.90 Å². The molecule has 4 aromatic rings. The first-order chi connectivity index (χ1) is 22.2. The molecule has 0 saturated carbocycles. The molecule has 3 N–H and O–H groups in total. The summed E-state index contributed by atoms with van der Waals surface area (Å²) in [7, 11) is 0. The Morgan fingerprint density at radius 1 is 1.26 bits per heavy atom. The molecular formula is C33H33ClF2N6O3S. The summed E-state index contributed by atoms with van der Waals surface area (Å²) in [6.07, 6.45) is 5.51. The van der Waals surface area contributed by atoms with Gasteiger partial charge in [0.2, 0.25) is 0 Å². The minimum atomic E-state index is -0.770. The first-order valence-corrected chi connectivity index (χ1v) is 17.0. The van der Waals surface area contributed by atoms with Gasteiger partial charge in [0.1, 0.15) is 41.4 Å². The maximum atomic E-state index is 17.2. The Morgan fingerprint density at radius 2 is 2.11 bits per heavy atom. The number of nitriles is 1. The van der Waals surface area contributed by atoms with Gasteiger partial charge in [-0.2, -0.15) is 15.2 Å². The van der Waals surface area contributed by atoms with Crippen LogP contribution < -0.4 is 20.1 Å². The van der Waals surface area contributed by atoms with Crippen molar-refractivity contribution in [1.29, 1.82) is 5.26 Å². The largest absolute Gasteiger partial charge is 0.489 e. The number of nitrogens with two attached hydrogens (primary N) is 1. The highest BCUT2D eigenvalue weighted by Crippen LogP contribution is 2.52. The molecule has 0 aliphatic carbocycles. The number of rotatable bonds is 5. The van der Waals surface area contributed by atoms with Crippen molar-refractivity contribution in [2.45, 2.75) is 63.1 Å². The number of halogens is 3. The summed E-state index contributed by atoms with van der Waals surface area (Å²) in [5.74, 6) is -0.189. The highest BCUT2D eigenvalue weighted by molar-refractivity contribution is 7.23. The van der Waals surface area contributed by atoms with Gasteiger partial charge in [0, 0.05) is 17.5 Å². The highest BCUT2D eigenvalue weighted by atomic mass is 35.5. The first-order valence-electron chi connectivity index (χ1n) is 15.8. The molecule has 4 aliphatic rings. The smallest absolute Gasteiger partial charge is 0.319 e. The SMILES string of the molecule is C[C@H]1CN2CCCC2(COc2nc3c4c(c(Cl)c(-c5ccc(F)c6sc(N)c(C#N)c56)c(F)c4n2)OCC2CCCC(CO)N32)C1. The minimum absolute atomic E-state index is 0.0334. The second kappa shape index (κ2) is 11.0. The number of ether oxygens (including phenoxy) is 2. The fourth-order valence-corrected chi connectivity index (χ4v) is 9.70. The molecule has 13 heteroatoms. The molecule has 3 fully saturated rings. The van der Waals surface area contributed by atoms with Gasteiger partial charge in [0.15, 0.2) is 11.6 Å². The van der Waals surface area contributed by atoms with E-state index in [2.05, 4.69) is 22.9 Å². The fraction of sp³-hybridized carbons (Fsp3) is 0.485. The van der Waals surface area contributed by atoms with E-state index < -0.39 is 11.6 Å². The number of aromatic nitrogens is 2. The van der Waals surface area contributed by atoms with E-state index in [0.29, 0.717) is 23.7 Å². The number of piperidine rings is 1. The van der Waals surface area contributed by atoms with Crippen molar-refractivity contribution >= 4 is 54.7 Å². The van der Waals surface area contributed by atoms with Crippen LogP contribution in [0.1, 0.15) is 51.0 Å². The molecule has 3 saturated heterocycles. The fourth-order valence-electron chi connectivity index (χ4n) is 8.42. The predicted octanol–water partition coefficient (Wildman–Crippen LogP) is 6.26. The summed E-state index contributed by atoms with van der Waals surface area (Å²) < 4.78 is 45.0. The van der Waals surface area contributed by atoms with Crippen molar-refractivity contribution in [3.63, 3.8) is 0 Å². The lowest BCUT2D eigenvalue weighted by Gasteiger charge is -2.41. The third-order valence-corrected chi connectivity index (χ3v) is 11.7. The molecule has 4 atom stereocenters. The molecule has 2 aromatic carbocycles. The van der Waals surface area contributed by atoms with Gasteiger partial charge >= 0.3 is 6.01 Å². The number of nitrogen functional groups attached to an aromatic ring is 1. The number of nitrogens with zero attached hydrogens (tertiary/aromatic N) is 5. The quantitative estimate of drug-likeness (QED) is 0.254. The zero-order chi connectivity index (χ0) is 31.9.